The summed E-state index contributed by atoms with van der Waals surface area (Å²) in [5, 5.41) is 13.9. The SMILES string of the molecule is Cc1cccc(C(=O)NCC(=O)Nc2ccc(C#N)cc2)c1. The van der Waals surface area contributed by atoms with E-state index in [0.717, 1.165) is 5.56 Å². The first-order valence-corrected chi connectivity index (χ1v) is 6.73. The Kier molecular flexibility index (Phi) is 4.89. The lowest BCUT2D eigenvalue weighted by molar-refractivity contribution is -0.115. The van der Waals surface area contributed by atoms with Crippen LogP contribution in [0.25, 0.3) is 0 Å². The molecule has 0 unspecified atom stereocenters. The highest BCUT2D eigenvalue weighted by Crippen LogP contribution is 2.08. The molecule has 2 aromatic rings. The van der Waals surface area contributed by atoms with E-state index < -0.39 is 0 Å². The van der Waals surface area contributed by atoms with Crippen LogP contribution < -0.4 is 10.6 Å². The predicted molar refractivity (Wildman–Crippen MR) is 83.3 cm³/mol. The van der Waals surface area contributed by atoms with Gasteiger partial charge in [0.05, 0.1) is 18.2 Å². The molecule has 0 aliphatic rings. The van der Waals surface area contributed by atoms with Gasteiger partial charge >= 0.3 is 0 Å². The maximum absolute atomic E-state index is 11.9. The number of benzene rings is 2. The largest absolute Gasteiger partial charge is 0.343 e. The van der Waals surface area contributed by atoms with Crippen LogP contribution in [0.4, 0.5) is 5.69 Å². The molecule has 0 aliphatic heterocycles. The molecule has 2 rings (SSSR count). The number of nitrogens with one attached hydrogen (secondary N) is 2. The zero-order valence-corrected chi connectivity index (χ0v) is 12.1. The van der Waals surface area contributed by atoms with Crippen molar-refractivity contribution in [2.45, 2.75) is 6.92 Å². The van der Waals surface area contributed by atoms with Gasteiger partial charge in [0, 0.05) is 11.3 Å². The van der Waals surface area contributed by atoms with E-state index in [0.29, 0.717) is 16.8 Å². The fourth-order valence-electron chi connectivity index (χ4n) is 1.88. The van der Waals surface area contributed by atoms with Crippen molar-refractivity contribution in [1.82, 2.24) is 5.32 Å². The van der Waals surface area contributed by atoms with Crippen molar-refractivity contribution >= 4 is 17.5 Å². The quantitative estimate of drug-likeness (QED) is 0.907. The Morgan fingerprint density at radius 2 is 1.86 bits per heavy atom. The van der Waals surface area contributed by atoms with Crippen molar-refractivity contribution in [1.29, 1.82) is 5.26 Å². The average molecular weight is 293 g/mol. The third-order valence-corrected chi connectivity index (χ3v) is 2.99. The second-order valence-corrected chi connectivity index (χ2v) is 4.79. The Balaban J connectivity index is 1.87. The van der Waals surface area contributed by atoms with Crippen molar-refractivity contribution in [2.75, 3.05) is 11.9 Å². The standard InChI is InChI=1S/C17H15N3O2/c1-12-3-2-4-14(9-12)17(22)19-11-16(21)20-15-7-5-13(10-18)6-8-15/h2-9H,11H2,1H3,(H,19,22)(H,20,21). The minimum atomic E-state index is -0.328. The number of carbonyl (C=O) groups is 2. The second-order valence-electron chi connectivity index (χ2n) is 4.79. The lowest BCUT2D eigenvalue weighted by atomic mass is 10.1. The van der Waals surface area contributed by atoms with Crippen LogP contribution in [0, 0.1) is 18.3 Å². The molecule has 0 saturated carbocycles. The van der Waals surface area contributed by atoms with Crippen LogP contribution in [0.15, 0.2) is 48.5 Å². The molecule has 0 bridgehead atoms. The number of amides is 2. The first-order valence-electron chi connectivity index (χ1n) is 6.73. The third-order valence-electron chi connectivity index (χ3n) is 2.99. The molecule has 0 aromatic heterocycles. The number of nitrogens with zero attached hydrogens (tertiary/aromatic N) is 1. The molecule has 0 spiro atoms. The monoisotopic (exact) mass is 293 g/mol. The Morgan fingerprint density at radius 3 is 2.50 bits per heavy atom. The minimum Gasteiger partial charge on any atom is -0.343 e. The fraction of sp³-hybridized carbons (Fsp3) is 0.118. The Morgan fingerprint density at radius 1 is 1.14 bits per heavy atom. The van der Waals surface area contributed by atoms with Gasteiger partial charge in [0.25, 0.3) is 5.91 Å². The van der Waals surface area contributed by atoms with Gasteiger partial charge in [0.1, 0.15) is 0 Å². The summed E-state index contributed by atoms with van der Waals surface area (Å²) in [6.07, 6.45) is 0. The topological polar surface area (TPSA) is 82.0 Å². The Bertz CT molecular complexity index is 730. The number of carbonyl (C=O) groups excluding carboxylic acids is 2. The summed E-state index contributed by atoms with van der Waals surface area (Å²) in [7, 11) is 0. The second kappa shape index (κ2) is 7.04. The Hall–Kier alpha value is -3.13. The zero-order chi connectivity index (χ0) is 15.9. The molecule has 0 saturated heterocycles. The van der Waals surface area contributed by atoms with Gasteiger partial charge in [-0.1, -0.05) is 17.7 Å². The van der Waals surface area contributed by atoms with Gasteiger partial charge < -0.3 is 10.6 Å². The molecular formula is C17H15N3O2. The molecule has 2 aromatic carbocycles. The van der Waals surface area contributed by atoms with Crippen LogP contribution in [-0.4, -0.2) is 18.4 Å². The van der Waals surface area contributed by atoms with E-state index in [1.165, 1.54) is 0 Å². The van der Waals surface area contributed by atoms with E-state index in [4.69, 9.17) is 5.26 Å². The van der Waals surface area contributed by atoms with Gasteiger partial charge in [-0.25, -0.2) is 0 Å². The first-order chi connectivity index (χ1) is 10.6. The highest BCUT2D eigenvalue weighted by Gasteiger charge is 2.08. The lowest BCUT2D eigenvalue weighted by Crippen LogP contribution is -2.32. The molecule has 0 radical (unpaired) electrons. The number of hydrogen-bond donors (Lipinski definition) is 2. The molecule has 0 atom stereocenters. The molecule has 0 aliphatic carbocycles. The average Bonchev–Trinajstić information content (AvgIpc) is 2.53. The summed E-state index contributed by atoms with van der Waals surface area (Å²) < 4.78 is 0. The summed E-state index contributed by atoms with van der Waals surface area (Å²) >= 11 is 0. The number of anilines is 1. The summed E-state index contributed by atoms with van der Waals surface area (Å²) in [6.45, 7) is 1.78. The Labute approximate surface area is 128 Å². The lowest BCUT2D eigenvalue weighted by Gasteiger charge is -2.07. The normalized spacial score (nSPS) is 9.64. The molecule has 22 heavy (non-hydrogen) atoms. The van der Waals surface area contributed by atoms with Crippen LogP contribution in [0.1, 0.15) is 21.5 Å². The third kappa shape index (κ3) is 4.18. The van der Waals surface area contributed by atoms with Crippen LogP contribution in [-0.2, 0) is 4.79 Å². The van der Waals surface area contributed by atoms with Gasteiger partial charge in [-0.05, 0) is 43.3 Å². The highest BCUT2D eigenvalue weighted by molar-refractivity contribution is 5.99. The van der Waals surface area contributed by atoms with E-state index >= 15 is 0 Å². The van der Waals surface area contributed by atoms with E-state index in [2.05, 4.69) is 10.6 Å². The smallest absolute Gasteiger partial charge is 0.251 e. The highest BCUT2D eigenvalue weighted by atomic mass is 16.2. The fourth-order valence-corrected chi connectivity index (χ4v) is 1.88. The number of nitriles is 1. The van der Waals surface area contributed by atoms with E-state index in [1.54, 1.807) is 42.5 Å². The molecule has 5 heteroatoms. The van der Waals surface area contributed by atoms with Crippen LogP contribution in [0.3, 0.4) is 0 Å². The van der Waals surface area contributed by atoms with E-state index in [9.17, 15) is 9.59 Å². The van der Waals surface area contributed by atoms with Crippen LogP contribution >= 0.6 is 0 Å². The van der Waals surface area contributed by atoms with Crippen LogP contribution in [0.2, 0.25) is 0 Å². The number of rotatable bonds is 4. The number of aryl methyl sites for hydroxylation is 1. The molecule has 2 amide bonds. The maximum atomic E-state index is 11.9. The van der Waals surface area contributed by atoms with Crippen molar-refractivity contribution in [2.24, 2.45) is 0 Å². The molecule has 2 N–H and O–H groups in total. The molecule has 110 valence electrons. The first kappa shape index (κ1) is 15.3. The summed E-state index contributed by atoms with van der Waals surface area (Å²) in [6, 6.07) is 15.6. The summed E-state index contributed by atoms with van der Waals surface area (Å²) in [5.74, 6) is -0.621. The number of hydrogen-bond acceptors (Lipinski definition) is 3. The van der Waals surface area contributed by atoms with Gasteiger partial charge in [-0.3, -0.25) is 9.59 Å². The molecular weight excluding hydrogens is 278 g/mol. The van der Waals surface area contributed by atoms with Crippen molar-refractivity contribution in [3.05, 3.63) is 65.2 Å². The van der Waals surface area contributed by atoms with E-state index in [1.807, 2.05) is 19.1 Å². The van der Waals surface area contributed by atoms with Gasteiger partial charge in [-0.15, -0.1) is 0 Å². The van der Waals surface area contributed by atoms with Crippen LogP contribution in [0.5, 0.6) is 0 Å². The minimum absolute atomic E-state index is 0.118. The van der Waals surface area contributed by atoms with Gasteiger partial charge in [0.15, 0.2) is 0 Å². The predicted octanol–water partition coefficient (Wildman–Crippen LogP) is 2.24. The van der Waals surface area contributed by atoms with E-state index in [-0.39, 0.29) is 18.4 Å². The zero-order valence-electron chi connectivity index (χ0n) is 12.1. The van der Waals surface area contributed by atoms with Gasteiger partial charge in [-0.2, -0.15) is 5.26 Å². The maximum Gasteiger partial charge on any atom is 0.251 e. The van der Waals surface area contributed by atoms with Crippen molar-refractivity contribution < 1.29 is 9.59 Å². The van der Waals surface area contributed by atoms with Crippen molar-refractivity contribution in [3.8, 4) is 6.07 Å². The van der Waals surface area contributed by atoms with Gasteiger partial charge in [0.2, 0.25) is 5.91 Å². The summed E-state index contributed by atoms with van der Waals surface area (Å²) in [5.41, 5.74) is 2.60. The molecule has 5 nitrogen and oxygen atoms in total. The summed E-state index contributed by atoms with van der Waals surface area (Å²) in [4.78, 5) is 23.7. The molecule has 0 fully saturated rings. The molecule has 0 heterocycles. The van der Waals surface area contributed by atoms with Crippen molar-refractivity contribution in [3.63, 3.8) is 0 Å².